The maximum absolute atomic E-state index is 12.4. The number of carbonyl (C=O) groups is 1. The van der Waals surface area contributed by atoms with Crippen LogP contribution in [0.25, 0.3) is 0 Å². The number of carbonyl (C=O) groups excluding carboxylic acids is 1. The second kappa shape index (κ2) is 6.26. The zero-order valence-electron chi connectivity index (χ0n) is 13.1. The molecular weight excluding hydrogens is 296 g/mol. The third-order valence-corrected chi connectivity index (χ3v) is 4.13. The number of ether oxygens (including phenoxy) is 1. The fourth-order valence-electron chi connectivity index (χ4n) is 2.72. The lowest BCUT2D eigenvalue weighted by Gasteiger charge is -2.16. The molecule has 0 radical (unpaired) electrons. The van der Waals surface area contributed by atoms with Gasteiger partial charge in [0.05, 0.1) is 24.0 Å². The van der Waals surface area contributed by atoms with Gasteiger partial charge in [-0.25, -0.2) is 0 Å². The van der Waals surface area contributed by atoms with Crippen molar-refractivity contribution in [3.05, 3.63) is 40.5 Å². The third-order valence-electron chi connectivity index (χ3n) is 4.13. The van der Waals surface area contributed by atoms with Gasteiger partial charge in [0.1, 0.15) is 17.5 Å². The minimum absolute atomic E-state index is 0.00188. The van der Waals surface area contributed by atoms with E-state index >= 15 is 0 Å². The lowest BCUT2D eigenvalue weighted by atomic mass is 10.2. The second-order valence-electron chi connectivity index (χ2n) is 5.69. The Bertz CT molecular complexity index is 736. The number of nitrogens with one attached hydrogen (secondary N) is 1. The molecule has 7 heteroatoms. The quantitative estimate of drug-likeness (QED) is 0.930. The molecule has 1 amide bonds. The zero-order chi connectivity index (χ0) is 16.4. The summed E-state index contributed by atoms with van der Waals surface area (Å²) in [5.74, 6) is 0.691. The fourth-order valence-corrected chi connectivity index (χ4v) is 2.72. The molecule has 2 aromatic rings. The average Bonchev–Trinajstić information content (AvgIpc) is 3.26. The van der Waals surface area contributed by atoms with Crippen molar-refractivity contribution in [3.63, 3.8) is 0 Å². The molecule has 2 aromatic heterocycles. The summed E-state index contributed by atoms with van der Waals surface area (Å²) in [5.41, 5.74) is 2.70. The number of likely N-dealkylation sites (tertiary alicyclic amines) is 1. The molecule has 1 unspecified atom stereocenters. The first kappa shape index (κ1) is 15.3. The van der Waals surface area contributed by atoms with Crippen LogP contribution in [0.15, 0.2) is 16.8 Å². The summed E-state index contributed by atoms with van der Waals surface area (Å²) in [7, 11) is 0. The van der Waals surface area contributed by atoms with Crippen molar-refractivity contribution < 1.29 is 14.1 Å². The second-order valence-corrected chi connectivity index (χ2v) is 5.69. The van der Waals surface area contributed by atoms with Crippen molar-refractivity contribution in [2.75, 3.05) is 13.1 Å². The highest BCUT2D eigenvalue weighted by Gasteiger charge is 2.28. The summed E-state index contributed by atoms with van der Waals surface area (Å²) in [6.07, 6.45) is 2.37. The normalized spacial score (nSPS) is 17.4. The molecule has 0 aromatic carbocycles. The topological polar surface area (TPSA) is 95.2 Å². The minimum atomic E-state index is -0.0776. The molecule has 0 bridgehead atoms. The summed E-state index contributed by atoms with van der Waals surface area (Å²) in [4.78, 5) is 16.9. The Kier molecular flexibility index (Phi) is 4.17. The Balaban J connectivity index is 1.56. The average molecular weight is 314 g/mol. The van der Waals surface area contributed by atoms with Crippen LogP contribution in [0.4, 0.5) is 0 Å². The monoisotopic (exact) mass is 314 g/mol. The molecule has 1 aliphatic rings. The van der Waals surface area contributed by atoms with Gasteiger partial charge in [0, 0.05) is 24.8 Å². The van der Waals surface area contributed by atoms with Crippen molar-refractivity contribution in [3.8, 4) is 6.07 Å². The molecular formula is C16H18N4O3. The molecule has 7 nitrogen and oxygen atoms in total. The SMILES string of the molecule is Cc1noc(C)c1COC1CCN(C(=O)c2c[nH]c(C#N)c2)C1. The van der Waals surface area contributed by atoms with Crippen molar-refractivity contribution in [2.24, 2.45) is 0 Å². The molecule has 120 valence electrons. The number of aryl methyl sites for hydroxylation is 2. The van der Waals surface area contributed by atoms with Crippen LogP contribution in [0, 0.1) is 25.2 Å². The van der Waals surface area contributed by atoms with Crippen molar-refractivity contribution in [1.82, 2.24) is 15.0 Å². The molecule has 0 spiro atoms. The van der Waals surface area contributed by atoms with Gasteiger partial charge in [0.2, 0.25) is 0 Å². The summed E-state index contributed by atoms with van der Waals surface area (Å²) in [6, 6.07) is 3.55. The lowest BCUT2D eigenvalue weighted by Crippen LogP contribution is -2.29. The standard InChI is InChI=1S/C16H18N4O3/c1-10-15(11(2)23-19-10)9-22-14-3-4-20(8-14)16(21)12-5-13(6-17)18-7-12/h5,7,14,18H,3-4,8-9H2,1-2H3. The van der Waals surface area contributed by atoms with Crippen LogP contribution in [0.3, 0.4) is 0 Å². The van der Waals surface area contributed by atoms with E-state index in [1.165, 1.54) is 0 Å². The Morgan fingerprint density at radius 3 is 3.09 bits per heavy atom. The van der Waals surface area contributed by atoms with Gasteiger partial charge in [-0.3, -0.25) is 4.79 Å². The highest BCUT2D eigenvalue weighted by molar-refractivity contribution is 5.94. The van der Waals surface area contributed by atoms with Gasteiger partial charge >= 0.3 is 0 Å². The number of aromatic amines is 1. The predicted molar refractivity (Wildman–Crippen MR) is 80.6 cm³/mol. The molecule has 23 heavy (non-hydrogen) atoms. The van der Waals surface area contributed by atoms with E-state index in [0.29, 0.717) is 31.0 Å². The van der Waals surface area contributed by atoms with Crippen LogP contribution in [-0.4, -0.2) is 40.1 Å². The van der Waals surface area contributed by atoms with E-state index in [-0.39, 0.29) is 12.0 Å². The van der Waals surface area contributed by atoms with E-state index in [1.807, 2.05) is 19.9 Å². The molecule has 1 fully saturated rings. The van der Waals surface area contributed by atoms with E-state index in [9.17, 15) is 4.79 Å². The first-order valence-corrected chi connectivity index (χ1v) is 7.49. The van der Waals surface area contributed by atoms with Crippen LogP contribution in [0.1, 0.15) is 39.5 Å². The number of amides is 1. The van der Waals surface area contributed by atoms with Crippen molar-refractivity contribution in [2.45, 2.75) is 33.0 Å². The van der Waals surface area contributed by atoms with E-state index in [2.05, 4.69) is 10.1 Å². The van der Waals surface area contributed by atoms with E-state index in [0.717, 1.165) is 23.4 Å². The van der Waals surface area contributed by atoms with Crippen molar-refractivity contribution in [1.29, 1.82) is 5.26 Å². The first-order chi connectivity index (χ1) is 11.1. The molecule has 3 rings (SSSR count). The number of rotatable bonds is 4. The molecule has 3 heterocycles. The zero-order valence-corrected chi connectivity index (χ0v) is 13.1. The highest BCUT2D eigenvalue weighted by atomic mass is 16.5. The Hall–Kier alpha value is -2.59. The van der Waals surface area contributed by atoms with Gasteiger partial charge in [-0.15, -0.1) is 0 Å². The summed E-state index contributed by atoms with van der Waals surface area (Å²) in [6.45, 7) is 5.39. The predicted octanol–water partition coefficient (Wildman–Crippen LogP) is 1.92. The third kappa shape index (κ3) is 3.12. The molecule has 1 saturated heterocycles. The maximum atomic E-state index is 12.4. The first-order valence-electron chi connectivity index (χ1n) is 7.49. The number of aromatic nitrogens is 2. The van der Waals surface area contributed by atoms with Gasteiger partial charge in [-0.2, -0.15) is 5.26 Å². The van der Waals surface area contributed by atoms with E-state index < -0.39 is 0 Å². The smallest absolute Gasteiger partial charge is 0.255 e. The van der Waals surface area contributed by atoms with Crippen LogP contribution >= 0.6 is 0 Å². The molecule has 1 atom stereocenters. The van der Waals surface area contributed by atoms with Gasteiger partial charge < -0.3 is 19.1 Å². The molecule has 1 N–H and O–H groups in total. The fraction of sp³-hybridized carbons (Fsp3) is 0.438. The van der Waals surface area contributed by atoms with Crippen LogP contribution in [-0.2, 0) is 11.3 Å². The Morgan fingerprint density at radius 1 is 1.61 bits per heavy atom. The highest BCUT2D eigenvalue weighted by Crippen LogP contribution is 2.20. The summed E-state index contributed by atoms with van der Waals surface area (Å²) >= 11 is 0. The van der Waals surface area contributed by atoms with Gasteiger partial charge in [-0.05, 0) is 26.3 Å². The number of hydrogen-bond donors (Lipinski definition) is 1. The number of nitrogens with zero attached hydrogens (tertiary/aromatic N) is 3. The summed E-state index contributed by atoms with van der Waals surface area (Å²) in [5, 5.41) is 12.7. The Morgan fingerprint density at radius 2 is 2.43 bits per heavy atom. The van der Waals surface area contributed by atoms with E-state index in [1.54, 1.807) is 17.2 Å². The maximum Gasteiger partial charge on any atom is 0.255 e. The van der Waals surface area contributed by atoms with Crippen LogP contribution < -0.4 is 0 Å². The largest absolute Gasteiger partial charge is 0.371 e. The van der Waals surface area contributed by atoms with Gasteiger partial charge in [0.15, 0.2) is 0 Å². The number of hydrogen-bond acceptors (Lipinski definition) is 5. The molecule has 0 saturated carbocycles. The molecule has 0 aliphatic carbocycles. The van der Waals surface area contributed by atoms with Gasteiger partial charge in [0.25, 0.3) is 5.91 Å². The van der Waals surface area contributed by atoms with Gasteiger partial charge in [-0.1, -0.05) is 5.16 Å². The number of H-pyrrole nitrogens is 1. The number of nitriles is 1. The Labute approximate surface area is 133 Å². The van der Waals surface area contributed by atoms with Crippen LogP contribution in [0.2, 0.25) is 0 Å². The lowest BCUT2D eigenvalue weighted by molar-refractivity contribution is 0.0430. The van der Waals surface area contributed by atoms with Crippen LogP contribution in [0.5, 0.6) is 0 Å². The molecule has 1 aliphatic heterocycles. The summed E-state index contributed by atoms with van der Waals surface area (Å²) < 4.78 is 11.0. The van der Waals surface area contributed by atoms with E-state index in [4.69, 9.17) is 14.5 Å². The van der Waals surface area contributed by atoms with Crippen molar-refractivity contribution >= 4 is 5.91 Å². The minimum Gasteiger partial charge on any atom is -0.371 e.